The maximum Gasteiger partial charge on any atom is 0.322 e. The van der Waals surface area contributed by atoms with Gasteiger partial charge in [0.1, 0.15) is 6.04 Å². The van der Waals surface area contributed by atoms with Crippen LogP contribution >= 0.6 is 11.8 Å². The molecule has 1 aliphatic carbocycles. The van der Waals surface area contributed by atoms with E-state index in [2.05, 4.69) is 10.3 Å². The third-order valence-electron chi connectivity index (χ3n) is 2.91. The molecule has 6 heteroatoms. The van der Waals surface area contributed by atoms with E-state index < -0.39 is 0 Å². The lowest BCUT2D eigenvalue weighted by Gasteiger charge is -2.15. The number of nitrogens with one attached hydrogen (secondary N) is 1. The largest absolute Gasteiger partial charge is 0.468 e. The molecule has 1 atom stereocenters. The Morgan fingerprint density at radius 2 is 2.50 bits per heavy atom. The highest BCUT2D eigenvalue weighted by Gasteiger charge is 2.28. The monoisotopic (exact) mass is 269 g/mol. The number of aryl methyl sites for hydroxylation is 1. The fraction of sp³-hybridized carbons (Fsp3) is 0.667. The minimum atomic E-state index is -0.185. The van der Waals surface area contributed by atoms with E-state index in [4.69, 9.17) is 4.74 Å². The van der Waals surface area contributed by atoms with Crippen LogP contribution < -0.4 is 5.32 Å². The molecule has 1 aromatic heterocycles. The van der Waals surface area contributed by atoms with Crippen molar-refractivity contribution in [2.75, 3.05) is 12.9 Å². The molecule has 2 rings (SSSR count). The van der Waals surface area contributed by atoms with Gasteiger partial charge in [-0.1, -0.05) is 11.8 Å². The Morgan fingerprint density at radius 3 is 3.06 bits per heavy atom. The summed E-state index contributed by atoms with van der Waals surface area (Å²) in [5.41, 5.74) is 0. The molecule has 100 valence electrons. The van der Waals surface area contributed by atoms with Gasteiger partial charge in [-0.3, -0.25) is 4.79 Å². The van der Waals surface area contributed by atoms with Crippen molar-refractivity contribution >= 4 is 17.7 Å². The summed E-state index contributed by atoms with van der Waals surface area (Å²) in [4.78, 5) is 15.9. The minimum absolute atomic E-state index is 0.164. The van der Waals surface area contributed by atoms with Crippen molar-refractivity contribution in [1.82, 2.24) is 14.9 Å². The smallest absolute Gasteiger partial charge is 0.322 e. The maximum atomic E-state index is 11.6. The lowest BCUT2D eigenvalue weighted by Crippen LogP contribution is -2.39. The Hall–Kier alpha value is -1.01. The fourth-order valence-electron chi connectivity index (χ4n) is 1.71. The van der Waals surface area contributed by atoms with Crippen LogP contribution in [0.5, 0.6) is 0 Å². The number of hydrogen-bond donors (Lipinski definition) is 1. The number of carbonyl (C=O) groups excluding carboxylic acids is 1. The second kappa shape index (κ2) is 6.24. The van der Waals surface area contributed by atoms with Crippen LogP contribution in [0.25, 0.3) is 0 Å². The molecule has 1 aromatic rings. The van der Waals surface area contributed by atoms with Gasteiger partial charge >= 0.3 is 5.97 Å². The maximum absolute atomic E-state index is 11.6. The zero-order chi connectivity index (χ0) is 13.0. The molecule has 1 aliphatic rings. The molecule has 0 aliphatic heterocycles. The van der Waals surface area contributed by atoms with Crippen molar-refractivity contribution in [3.63, 3.8) is 0 Å². The molecule has 1 N–H and O–H groups in total. The third kappa shape index (κ3) is 3.74. The molecule has 0 amide bonds. The number of carbonyl (C=O) groups is 1. The number of hydrogen-bond acceptors (Lipinski definition) is 5. The van der Waals surface area contributed by atoms with Gasteiger partial charge in [0.15, 0.2) is 5.16 Å². The molecule has 0 spiro atoms. The zero-order valence-corrected chi connectivity index (χ0v) is 11.6. The van der Waals surface area contributed by atoms with Crippen molar-refractivity contribution in [2.24, 2.45) is 7.05 Å². The van der Waals surface area contributed by atoms with Gasteiger partial charge in [0.25, 0.3) is 0 Å². The Morgan fingerprint density at radius 1 is 1.72 bits per heavy atom. The average Bonchev–Trinajstić information content (AvgIpc) is 3.10. The van der Waals surface area contributed by atoms with Crippen LogP contribution in [-0.4, -0.2) is 40.5 Å². The molecule has 5 nitrogen and oxygen atoms in total. The summed E-state index contributed by atoms with van der Waals surface area (Å²) in [6.45, 7) is 0. The zero-order valence-electron chi connectivity index (χ0n) is 10.8. The van der Waals surface area contributed by atoms with Crippen LogP contribution in [0.2, 0.25) is 0 Å². The number of rotatable bonds is 7. The summed E-state index contributed by atoms with van der Waals surface area (Å²) in [6.07, 6.45) is 6.80. The predicted molar refractivity (Wildman–Crippen MR) is 70.5 cm³/mol. The lowest BCUT2D eigenvalue weighted by atomic mass is 10.2. The third-order valence-corrected chi connectivity index (χ3v) is 4.01. The number of nitrogens with zero attached hydrogens (tertiary/aromatic N) is 2. The van der Waals surface area contributed by atoms with Crippen LogP contribution in [0, 0.1) is 0 Å². The molecule has 0 bridgehead atoms. The molecular weight excluding hydrogens is 250 g/mol. The van der Waals surface area contributed by atoms with E-state index in [1.54, 1.807) is 18.0 Å². The van der Waals surface area contributed by atoms with Crippen LogP contribution in [0.15, 0.2) is 17.6 Å². The van der Waals surface area contributed by atoms with Gasteiger partial charge in [0, 0.05) is 31.2 Å². The van der Waals surface area contributed by atoms with Gasteiger partial charge < -0.3 is 14.6 Å². The van der Waals surface area contributed by atoms with Gasteiger partial charge in [-0.25, -0.2) is 4.98 Å². The summed E-state index contributed by atoms with van der Waals surface area (Å²) < 4.78 is 6.80. The van der Waals surface area contributed by atoms with Crippen molar-refractivity contribution in [1.29, 1.82) is 0 Å². The molecule has 1 fully saturated rings. The first kappa shape index (κ1) is 13.4. The second-order valence-electron chi connectivity index (χ2n) is 4.47. The van der Waals surface area contributed by atoms with Crippen molar-refractivity contribution < 1.29 is 9.53 Å². The van der Waals surface area contributed by atoms with Gasteiger partial charge in [0.2, 0.25) is 0 Å². The van der Waals surface area contributed by atoms with Crippen molar-refractivity contribution in [2.45, 2.75) is 36.5 Å². The average molecular weight is 269 g/mol. The van der Waals surface area contributed by atoms with E-state index in [-0.39, 0.29) is 12.0 Å². The highest BCUT2D eigenvalue weighted by molar-refractivity contribution is 7.99. The highest BCUT2D eigenvalue weighted by Crippen LogP contribution is 2.22. The van der Waals surface area contributed by atoms with E-state index in [0.29, 0.717) is 6.04 Å². The summed E-state index contributed by atoms with van der Waals surface area (Å²) in [6, 6.07) is 0.322. The Balaban J connectivity index is 1.77. The Labute approximate surface area is 111 Å². The molecule has 1 saturated carbocycles. The van der Waals surface area contributed by atoms with Crippen LogP contribution in [0.4, 0.5) is 0 Å². The van der Waals surface area contributed by atoms with Gasteiger partial charge in [0.05, 0.1) is 7.11 Å². The van der Waals surface area contributed by atoms with E-state index >= 15 is 0 Å². The number of aromatic nitrogens is 2. The Kier molecular flexibility index (Phi) is 4.66. The Bertz CT molecular complexity index is 404. The summed E-state index contributed by atoms with van der Waals surface area (Å²) in [5, 5.41) is 4.30. The first-order valence-corrected chi connectivity index (χ1v) is 7.13. The molecule has 1 unspecified atom stereocenters. The first-order valence-electron chi connectivity index (χ1n) is 6.14. The van der Waals surface area contributed by atoms with E-state index in [1.807, 2.05) is 17.8 Å². The van der Waals surface area contributed by atoms with Crippen LogP contribution in [-0.2, 0) is 16.6 Å². The molecule has 0 radical (unpaired) electrons. The number of imidazole rings is 1. The number of ether oxygens (including phenoxy) is 1. The number of thioether (sulfide) groups is 1. The van der Waals surface area contributed by atoms with Crippen LogP contribution in [0.1, 0.15) is 19.3 Å². The summed E-state index contributed by atoms with van der Waals surface area (Å²) >= 11 is 1.66. The standard InChI is InChI=1S/C12H19N3O2S/c1-15-7-6-13-12(15)18-8-5-10(11(16)17-2)14-9-3-4-9/h6-7,9-10,14H,3-5,8H2,1-2H3. The predicted octanol–water partition coefficient (Wildman–Crippen LogP) is 1.20. The van der Waals surface area contributed by atoms with Gasteiger partial charge in [-0.05, 0) is 19.3 Å². The number of esters is 1. The fourth-order valence-corrected chi connectivity index (χ4v) is 2.64. The summed E-state index contributed by atoms with van der Waals surface area (Å²) in [5.74, 6) is 0.687. The molecule has 1 heterocycles. The molecule has 18 heavy (non-hydrogen) atoms. The number of methoxy groups -OCH3 is 1. The topological polar surface area (TPSA) is 56.1 Å². The van der Waals surface area contributed by atoms with Gasteiger partial charge in [-0.15, -0.1) is 0 Å². The van der Waals surface area contributed by atoms with Gasteiger partial charge in [-0.2, -0.15) is 0 Å². The van der Waals surface area contributed by atoms with E-state index in [9.17, 15) is 4.79 Å². The highest BCUT2D eigenvalue weighted by atomic mass is 32.2. The van der Waals surface area contributed by atoms with E-state index in [1.165, 1.54) is 20.0 Å². The minimum Gasteiger partial charge on any atom is -0.468 e. The first-order chi connectivity index (χ1) is 8.70. The molecule has 0 saturated heterocycles. The van der Waals surface area contributed by atoms with Crippen LogP contribution in [0.3, 0.4) is 0 Å². The van der Waals surface area contributed by atoms with E-state index in [0.717, 1.165) is 17.3 Å². The normalized spacial score (nSPS) is 16.6. The quantitative estimate of drug-likeness (QED) is 0.595. The molecule has 0 aromatic carbocycles. The van der Waals surface area contributed by atoms with Crippen molar-refractivity contribution in [3.8, 4) is 0 Å². The lowest BCUT2D eigenvalue weighted by molar-refractivity contribution is -0.143. The van der Waals surface area contributed by atoms with Crippen molar-refractivity contribution in [3.05, 3.63) is 12.4 Å². The second-order valence-corrected chi connectivity index (χ2v) is 5.54. The SMILES string of the molecule is COC(=O)C(CCSc1nccn1C)NC1CC1. The summed E-state index contributed by atoms with van der Waals surface area (Å²) in [7, 11) is 3.41. The molecular formula is C12H19N3O2S.